The number of hydrazine groups is 1. The Morgan fingerprint density at radius 3 is 2.74 bits per heavy atom. The molecule has 0 saturated carbocycles. The van der Waals surface area contributed by atoms with Crippen molar-refractivity contribution >= 4 is 11.3 Å². The van der Waals surface area contributed by atoms with Gasteiger partial charge in [0.15, 0.2) is 0 Å². The van der Waals surface area contributed by atoms with E-state index in [4.69, 9.17) is 5.84 Å². The molecular formula is C15H19FN2S. The molecule has 102 valence electrons. The van der Waals surface area contributed by atoms with Gasteiger partial charge in [0, 0.05) is 4.88 Å². The fourth-order valence-corrected chi connectivity index (χ4v) is 3.34. The summed E-state index contributed by atoms with van der Waals surface area (Å²) in [5.74, 6) is 5.51. The standard InChI is InChI=1S/C15H19FN2S/c1-3-11-6-7-19-15(11)14(18-17)9-12-4-5-13(16)8-10(12)2/h4-8,14,18H,3,9,17H2,1-2H3. The summed E-state index contributed by atoms with van der Waals surface area (Å²) in [6, 6.07) is 7.14. The maximum atomic E-state index is 13.1. The first kappa shape index (κ1) is 14.2. The predicted octanol–water partition coefficient (Wildman–Crippen LogP) is 3.51. The van der Waals surface area contributed by atoms with E-state index >= 15 is 0 Å². The van der Waals surface area contributed by atoms with E-state index in [0.29, 0.717) is 0 Å². The smallest absolute Gasteiger partial charge is 0.123 e. The topological polar surface area (TPSA) is 38.0 Å². The van der Waals surface area contributed by atoms with E-state index in [9.17, 15) is 4.39 Å². The number of nitrogens with two attached hydrogens (primary N) is 1. The normalized spacial score (nSPS) is 12.6. The van der Waals surface area contributed by atoms with Crippen LogP contribution in [0.4, 0.5) is 4.39 Å². The summed E-state index contributed by atoms with van der Waals surface area (Å²) in [7, 11) is 0. The first-order valence-corrected chi connectivity index (χ1v) is 7.31. The number of thiophene rings is 1. The monoisotopic (exact) mass is 278 g/mol. The minimum absolute atomic E-state index is 0.0825. The Bertz CT molecular complexity index is 551. The fraction of sp³-hybridized carbons (Fsp3) is 0.333. The highest BCUT2D eigenvalue weighted by molar-refractivity contribution is 7.10. The summed E-state index contributed by atoms with van der Waals surface area (Å²) in [6.45, 7) is 4.07. The Labute approximate surface area is 117 Å². The van der Waals surface area contributed by atoms with Crippen LogP contribution in [0, 0.1) is 12.7 Å². The van der Waals surface area contributed by atoms with Crippen LogP contribution in [0.25, 0.3) is 0 Å². The van der Waals surface area contributed by atoms with Gasteiger partial charge in [-0.05, 0) is 60.0 Å². The molecular weight excluding hydrogens is 259 g/mol. The molecule has 3 N–H and O–H groups in total. The Kier molecular flexibility index (Phi) is 4.69. The molecule has 0 saturated heterocycles. The second-order valence-electron chi connectivity index (χ2n) is 4.66. The zero-order valence-corrected chi connectivity index (χ0v) is 12.1. The van der Waals surface area contributed by atoms with Crippen molar-refractivity contribution in [3.05, 3.63) is 57.0 Å². The lowest BCUT2D eigenvalue weighted by molar-refractivity contribution is 0.554. The summed E-state index contributed by atoms with van der Waals surface area (Å²) in [5, 5.41) is 2.09. The van der Waals surface area contributed by atoms with Crippen molar-refractivity contribution in [2.75, 3.05) is 0 Å². The highest BCUT2D eigenvalue weighted by atomic mass is 32.1. The third-order valence-corrected chi connectivity index (χ3v) is 4.48. The highest BCUT2D eigenvalue weighted by Gasteiger charge is 2.16. The molecule has 0 radical (unpaired) electrons. The van der Waals surface area contributed by atoms with Gasteiger partial charge in [-0.25, -0.2) is 4.39 Å². The van der Waals surface area contributed by atoms with Gasteiger partial charge in [0.1, 0.15) is 5.82 Å². The largest absolute Gasteiger partial charge is 0.271 e. The van der Waals surface area contributed by atoms with E-state index in [0.717, 1.165) is 24.0 Å². The summed E-state index contributed by atoms with van der Waals surface area (Å²) >= 11 is 1.72. The Balaban J connectivity index is 2.24. The highest BCUT2D eigenvalue weighted by Crippen LogP contribution is 2.28. The SMILES string of the molecule is CCc1ccsc1C(Cc1ccc(F)cc1C)NN. The first-order chi connectivity index (χ1) is 9.15. The zero-order chi connectivity index (χ0) is 13.8. The van der Waals surface area contributed by atoms with Crippen LogP contribution < -0.4 is 11.3 Å². The number of benzene rings is 1. The second kappa shape index (κ2) is 6.28. The van der Waals surface area contributed by atoms with E-state index in [1.165, 1.54) is 16.5 Å². The molecule has 2 aromatic rings. The summed E-state index contributed by atoms with van der Waals surface area (Å²) in [4.78, 5) is 1.27. The van der Waals surface area contributed by atoms with E-state index < -0.39 is 0 Å². The third-order valence-electron chi connectivity index (χ3n) is 3.41. The number of hydrogen-bond donors (Lipinski definition) is 2. The lowest BCUT2D eigenvalue weighted by atomic mass is 9.98. The van der Waals surface area contributed by atoms with Gasteiger partial charge < -0.3 is 0 Å². The molecule has 0 aliphatic carbocycles. The zero-order valence-electron chi connectivity index (χ0n) is 11.2. The Hall–Kier alpha value is -1.23. The van der Waals surface area contributed by atoms with Crippen molar-refractivity contribution in [3.63, 3.8) is 0 Å². The summed E-state index contributed by atoms with van der Waals surface area (Å²) in [6.07, 6.45) is 1.77. The van der Waals surface area contributed by atoms with Gasteiger partial charge >= 0.3 is 0 Å². The number of aryl methyl sites for hydroxylation is 2. The van der Waals surface area contributed by atoms with Crippen molar-refractivity contribution < 1.29 is 4.39 Å². The number of hydrogen-bond acceptors (Lipinski definition) is 3. The molecule has 0 aliphatic heterocycles. The van der Waals surface area contributed by atoms with Gasteiger partial charge in [-0.2, -0.15) is 0 Å². The van der Waals surface area contributed by atoms with Crippen molar-refractivity contribution in [1.82, 2.24) is 5.43 Å². The van der Waals surface area contributed by atoms with Crippen LogP contribution in [0.2, 0.25) is 0 Å². The van der Waals surface area contributed by atoms with Crippen molar-refractivity contribution in [2.24, 2.45) is 5.84 Å². The molecule has 0 fully saturated rings. The molecule has 0 spiro atoms. The van der Waals surface area contributed by atoms with Crippen LogP contribution in [0.15, 0.2) is 29.6 Å². The number of nitrogens with one attached hydrogen (secondary N) is 1. The van der Waals surface area contributed by atoms with Crippen LogP contribution in [0.5, 0.6) is 0 Å². The van der Waals surface area contributed by atoms with Gasteiger partial charge in [0.05, 0.1) is 6.04 Å². The van der Waals surface area contributed by atoms with Gasteiger partial charge in [-0.1, -0.05) is 13.0 Å². The van der Waals surface area contributed by atoms with Crippen molar-refractivity contribution in [3.8, 4) is 0 Å². The molecule has 2 nitrogen and oxygen atoms in total. The van der Waals surface area contributed by atoms with Crippen LogP contribution in [0.3, 0.4) is 0 Å². The minimum Gasteiger partial charge on any atom is -0.271 e. The molecule has 1 aromatic carbocycles. The van der Waals surface area contributed by atoms with Crippen LogP contribution in [0.1, 0.15) is 34.5 Å². The van der Waals surface area contributed by atoms with Crippen LogP contribution in [-0.4, -0.2) is 0 Å². The van der Waals surface area contributed by atoms with Crippen LogP contribution >= 0.6 is 11.3 Å². The maximum absolute atomic E-state index is 13.1. The first-order valence-electron chi connectivity index (χ1n) is 6.43. The molecule has 0 bridgehead atoms. The quantitative estimate of drug-likeness (QED) is 0.649. The predicted molar refractivity (Wildman–Crippen MR) is 78.6 cm³/mol. The van der Waals surface area contributed by atoms with Crippen molar-refractivity contribution in [2.45, 2.75) is 32.7 Å². The van der Waals surface area contributed by atoms with E-state index in [-0.39, 0.29) is 11.9 Å². The van der Waals surface area contributed by atoms with E-state index in [1.807, 2.05) is 13.0 Å². The van der Waals surface area contributed by atoms with Gasteiger partial charge in [0.25, 0.3) is 0 Å². The molecule has 1 atom stereocenters. The average Bonchev–Trinajstić information content (AvgIpc) is 2.86. The molecule has 19 heavy (non-hydrogen) atoms. The molecule has 1 heterocycles. The van der Waals surface area contributed by atoms with Gasteiger partial charge in [-0.3, -0.25) is 11.3 Å². The van der Waals surface area contributed by atoms with Crippen molar-refractivity contribution in [1.29, 1.82) is 0 Å². The molecule has 0 amide bonds. The lowest BCUT2D eigenvalue weighted by Gasteiger charge is -2.17. The molecule has 4 heteroatoms. The lowest BCUT2D eigenvalue weighted by Crippen LogP contribution is -2.29. The fourth-order valence-electron chi connectivity index (χ4n) is 2.28. The van der Waals surface area contributed by atoms with Gasteiger partial charge in [0.2, 0.25) is 0 Å². The van der Waals surface area contributed by atoms with Gasteiger partial charge in [-0.15, -0.1) is 11.3 Å². The van der Waals surface area contributed by atoms with Crippen LogP contribution in [-0.2, 0) is 12.8 Å². The van der Waals surface area contributed by atoms with E-state index in [2.05, 4.69) is 23.8 Å². The minimum atomic E-state index is -0.191. The molecule has 1 aromatic heterocycles. The number of halogens is 1. The Morgan fingerprint density at radius 2 is 2.11 bits per heavy atom. The van der Waals surface area contributed by atoms with E-state index in [1.54, 1.807) is 17.4 Å². The molecule has 0 aliphatic rings. The number of rotatable bonds is 5. The summed E-state index contributed by atoms with van der Waals surface area (Å²) < 4.78 is 13.1. The third kappa shape index (κ3) is 3.21. The summed E-state index contributed by atoms with van der Waals surface area (Å²) in [5.41, 5.74) is 6.31. The molecule has 1 unspecified atom stereocenters. The Morgan fingerprint density at radius 1 is 1.32 bits per heavy atom. The maximum Gasteiger partial charge on any atom is 0.123 e. The average molecular weight is 278 g/mol. The second-order valence-corrected chi connectivity index (χ2v) is 5.61. The molecule has 2 rings (SSSR count).